The van der Waals surface area contributed by atoms with Gasteiger partial charge in [0.15, 0.2) is 5.13 Å². The summed E-state index contributed by atoms with van der Waals surface area (Å²) in [6.45, 7) is 1.82. The van der Waals surface area contributed by atoms with Crippen molar-refractivity contribution < 1.29 is 9.53 Å². The Hall–Kier alpha value is -0.620. The molecule has 0 saturated carbocycles. The van der Waals surface area contributed by atoms with Gasteiger partial charge in [0.25, 0.3) is 0 Å². The average molecular weight is 267 g/mol. The van der Waals surface area contributed by atoms with Crippen LogP contribution in [-0.2, 0) is 16.0 Å². The zero-order valence-corrected chi connectivity index (χ0v) is 9.89. The maximum atomic E-state index is 10.9. The fourth-order valence-corrected chi connectivity index (χ4v) is 1.64. The molecule has 1 aromatic heterocycles. The van der Waals surface area contributed by atoms with Crippen LogP contribution in [0.5, 0.6) is 0 Å². The number of nitrogens with zero attached hydrogens (tertiary/aromatic N) is 1. The first-order chi connectivity index (χ1) is 5.63. The van der Waals surface area contributed by atoms with E-state index in [1.807, 2.05) is 6.92 Å². The molecule has 0 bridgehead atoms. The van der Waals surface area contributed by atoms with Gasteiger partial charge in [-0.1, -0.05) is 0 Å². The van der Waals surface area contributed by atoms with E-state index < -0.39 is 0 Å². The van der Waals surface area contributed by atoms with Crippen molar-refractivity contribution in [2.75, 3.05) is 12.8 Å². The van der Waals surface area contributed by atoms with Gasteiger partial charge in [-0.15, -0.1) is 28.3 Å². The Morgan fingerprint density at radius 1 is 1.69 bits per heavy atom. The molecule has 0 spiro atoms. The van der Waals surface area contributed by atoms with E-state index >= 15 is 0 Å². The van der Waals surface area contributed by atoms with Crippen molar-refractivity contribution in [1.82, 2.24) is 4.98 Å². The Morgan fingerprint density at radius 3 is 2.69 bits per heavy atom. The number of carbonyl (C=O) groups is 1. The minimum absolute atomic E-state index is 0. The maximum absolute atomic E-state index is 10.9. The number of rotatable bonds is 2. The van der Waals surface area contributed by atoms with E-state index in [0.717, 1.165) is 10.6 Å². The van der Waals surface area contributed by atoms with Crippen LogP contribution in [0.25, 0.3) is 0 Å². The van der Waals surface area contributed by atoms with Gasteiger partial charge in [-0.05, 0) is 6.92 Å². The first-order valence-corrected chi connectivity index (χ1v) is 4.23. The number of halogens is 1. The van der Waals surface area contributed by atoms with Crippen LogP contribution in [-0.4, -0.2) is 18.1 Å². The molecule has 1 aromatic rings. The first kappa shape index (κ1) is 12.4. The average Bonchev–Trinajstić information content (AvgIpc) is 2.30. The van der Waals surface area contributed by atoms with Crippen molar-refractivity contribution in [2.24, 2.45) is 0 Å². The summed E-state index contributed by atoms with van der Waals surface area (Å²) in [6.07, 6.45) is 0.261. The third-order valence-electron chi connectivity index (χ3n) is 1.44. The lowest BCUT2D eigenvalue weighted by Gasteiger charge is -1.95. The summed E-state index contributed by atoms with van der Waals surface area (Å²) in [4.78, 5) is 15.7. The highest BCUT2D eigenvalue weighted by atomic mass is 79.9. The van der Waals surface area contributed by atoms with Gasteiger partial charge in [0.1, 0.15) is 0 Å². The van der Waals surface area contributed by atoms with Crippen LogP contribution < -0.4 is 5.73 Å². The lowest BCUT2D eigenvalue weighted by atomic mass is 10.3. The molecule has 74 valence electrons. The lowest BCUT2D eigenvalue weighted by molar-refractivity contribution is -0.139. The Balaban J connectivity index is 0.00000144. The van der Waals surface area contributed by atoms with Crippen LogP contribution in [0.1, 0.15) is 10.6 Å². The molecule has 13 heavy (non-hydrogen) atoms. The Morgan fingerprint density at radius 2 is 2.31 bits per heavy atom. The fraction of sp³-hybridized carbons (Fsp3) is 0.429. The van der Waals surface area contributed by atoms with Gasteiger partial charge < -0.3 is 10.5 Å². The second-order valence-electron chi connectivity index (χ2n) is 2.31. The molecule has 0 amide bonds. The Labute approximate surface area is 90.9 Å². The molecule has 0 aliphatic rings. The van der Waals surface area contributed by atoms with Crippen LogP contribution in [0, 0.1) is 6.92 Å². The van der Waals surface area contributed by atoms with Crippen molar-refractivity contribution >= 4 is 39.4 Å². The molecule has 4 nitrogen and oxygen atoms in total. The largest absolute Gasteiger partial charge is 0.469 e. The monoisotopic (exact) mass is 266 g/mol. The van der Waals surface area contributed by atoms with E-state index in [9.17, 15) is 4.79 Å². The molecule has 1 rings (SSSR count). The molecule has 6 heteroatoms. The van der Waals surface area contributed by atoms with Crippen LogP contribution in [0.2, 0.25) is 0 Å². The third-order valence-corrected chi connectivity index (χ3v) is 2.43. The molecule has 0 aliphatic heterocycles. The van der Waals surface area contributed by atoms with Crippen molar-refractivity contribution in [2.45, 2.75) is 13.3 Å². The van der Waals surface area contributed by atoms with Gasteiger partial charge >= 0.3 is 5.97 Å². The number of nitrogens with two attached hydrogens (primary N) is 1. The van der Waals surface area contributed by atoms with Gasteiger partial charge in [0.05, 0.1) is 19.2 Å². The molecule has 2 N–H and O–H groups in total. The van der Waals surface area contributed by atoms with E-state index in [1.165, 1.54) is 18.4 Å². The molecule has 0 unspecified atom stereocenters. The second kappa shape index (κ2) is 5.18. The molecule has 0 saturated heterocycles. The van der Waals surface area contributed by atoms with Gasteiger partial charge in [-0.25, -0.2) is 4.98 Å². The number of aryl methyl sites for hydroxylation is 1. The van der Waals surface area contributed by atoms with Crippen LogP contribution in [0.4, 0.5) is 5.13 Å². The standard InChI is InChI=1S/C7H10N2O2S.BrH/c1-4-5(3-6(10)11-2)12-7(8)9-4;/h3H2,1-2H3,(H2,8,9);1H. The highest BCUT2D eigenvalue weighted by Gasteiger charge is 2.09. The molecule has 1 heterocycles. The predicted molar refractivity (Wildman–Crippen MR) is 57.3 cm³/mol. The van der Waals surface area contributed by atoms with Crippen molar-refractivity contribution in [3.8, 4) is 0 Å². The van der Waals surface area contributed by atoms with Crippen molar-refractivity contribution in [1.29, 1.82) is 0 Å². The number of esters is 1. The maximum Gasteiger partial charge on any atom is 0.310 e. The van der Waals surface area contributed by atoms with Crippen LogP contribution in [0.3, 0.4) is 0 Å². The highest BCUT2D eigenvalue weighted by molar-refractivity contribution is 8.93. The van der Waals surface area contributed by atoms with E-state index in [2.05, 4.69) is 9.72 Å². The molecular weight excluding hydrogens is 256 g/mol. The van der Waals surface area contributed by atoms with Crippen LogP contribution in [0.15, 0.2) is 0 Å². The summed E-state index contributed by atoms with van der Waals surface area (Å²) < 4.78 is 4.52. The van der Waals surface area contributed by atoms with E-state index in [4.69, 9.17) is 5.73 Å². The predicted octanol–water partition coefficient (Wildman–Crippen LogP) is 1.33. The number of anilines is 1. The summed E-state index contributed by atoms with van der Waals surface area (Å²) in [6, 6.07) is 0. The number of thiazole rings is 1. The Kier molecular flexibility index (Phi) is 4.94. The lowest BCUT2D eigenvalue weighted by Crippen LogP contribution is -2.03. The summed E-state index contributed by atoms with van der Waals surface area (Å²) in [7, 11) is 1.36. The smallest absolute Gasteiger partial charge is 0.310 e. The van der Waals surface area contributed by atoms with Crippen molar-refractivity contribution in [3.63, 3.8) is 0 Å². The number of carbonyl (C=O) groups excluding carboxylic acids is 1. The molecule has 0 atom stereocenters. The highest BCUT2D eigenvalue weighted by Crippen LogP contribution is 2.20. The first-order valence-electron chi connectivity index (χ1n) is 3.42. The molecule has 0 aliphatic carbocycles. The fourth-order valence-electron chi connectivity index (χ4n) is 0.818. The quantitative estimate of drug-likeness (QED) is 0.821. The normalized spacial score (nSPS) is 9.08. The van der Waals surface area contributed by atoms with E-state index in [0.29, 0.717) is 5.13 Å². The number of hydrogen-bond acceptors (Lipinski definition) is 5. The number of ether oxygens (including phenoxy) is 1. The molecule has 0 aromatic carbocycles. The number of hydrogen-bond donors (Lipinski definition) is 1. The minimum Gasteiger partial charge on any atom is -0.469 e. The zero-order chi connectivity index (χ0) is 9.14. The van der Waals surface area contributed by atoms with E-state index in [-0.39, 0.29) is 29.4 Å². The topological polar surface area (TPSA) is 65.2 Å². The number of nitrogen functional groups attached to an aromatic ring is 1. The van der Waals surface area contributed by atoms with Gasteiger partial charge in [0, 0.05) is 4.88 Å². The zero-order valence-electron chi connectivity index (χ0n) is 7.36. The summed E-state index contributed by atoms with van der Waals surface area (Å²) in [5.41, 5.74) is 6.26. The Bertz CT molecular complexity index is 301. The molecular formula is C7H11BrN2O2S. The number of aromatic nitrogens is 1. The van der Waals surface area contributed by atoms with Gasteiger partial charge in [-0.3, -0.25) is 4.79 Å². The van der Waals surface area contributed by atoms with Crippen LogP contribution >= 0.6 is 28.3 Å². The summed E-state index contributed by atoms with van der Waals surface area (Å²) in [5, 5.41) is 0.492. The number of methoxy groups -OCH3 is 1. The van der Waals surface area contributed by atoms with Crippen molar-refractivity contribution in [3.05, 3.63) is 10.6 Å². The minimum atomic E-state index is -0.262. The summed E-state index contributed by atoms with van der Waals surface area (Å²) in [5.74, 6) is -0.262. The summed E-state index contributed by atoms with van der Waals surface area (Å²) >= 11 is 1.32. The molecule has 0 fully saturated rings. The molecule has 0 radical (unpaired) electrons. The van der Waals surface area contributed by atoms with E-state index in [1.54, 1.807) is 0 Å². The SMILES string of the molecule is Br.COC(=O)Cc1sc(N)nc1C. The second-order valence-corrected chi connectivity index (χ2v) is 3.43. The van der Waals surface area contributed by atoms with Gasteiger partial charge in [0.2, 0.25) is 0 Å². The third kappa shape index (κ3) is 3.31. The van der Waals surface area contributed by atoms with Gasteiger partial charge in [-0.2, -0.15) is 0 Å².